The highest BCUT2D eigenvalue weighted by Gasteiger charge is 2.04. The summed E-state index contributed by atoms with van der Waals surface area (Å²) in [4.78, 5) is 7.99. The van der Waals surface area contributed by atoms with E-state index in [4.69, 9.17) is 5.73 Å². The molecule has 2 N–H and O–H groups in total. The standard InChI is InChI=1S/C8H10BrN3/c1-5-8(10)6(3-11-2)7(9)4-12-5/h3-4H,10H2,1-2H3. The Balaban J connectivity index is 3.32. The van der Waals surface area contributed by atoms with Crippen molar-refractivity contribution in [2.75, 3.05) is 12.8 Å². The highest BCUT2D eigenvalue weighted by atomic mass is 79.9. The third-order valence-corrected chi connectivity index (χ3v) is 2.20. The number of aryl methyl sites for hydroxylation is 1. The van der Waals surface area contributed by atoms with Gasteiger partial charge in [0.15, 0.2) is 0 Å². The first-order chi connectivity index (χ1) is 5.66. The molecule has 4 heteroatoms. The van der Waals surface area contributed by atoms with E-state index in [0.29, 0.717) is 5.69 Å². The number of nitrogens with zero attached hydrogens (tertiary/aromatic N) is 2. The lowest BCUT2D eigenvalue weighted by Gasteiger charge is -2.04. The van der Waals surface area contributed by atoms with Gasteiger partial charge in [-0.05, 0) is 22.9 Å². The summed E-state index contributed by atoms with van der Waals surface area (Å²) in [7, 11) is 1.71. The predicted molar refractivity (Wildman–Crippen MR) is 54.6 cm³/mol. The van der Waals surface area contributed by atoms with Crippen LogP contribution in [0.1, 0.15) is 11.3 Å². The Morgan fingerprint density at radius 2 is 2.33 bits per heavy atom. The Morgan fingerprint density at radius 1 is 1.67 bits per heavy atom. The van der Waals surface area contributed by atoms with Crippen LogP contribution in [-0.4, -0.2) is 18.2 Å². The zero-order valence-corrected chi connectivity index (χ0v) is 8.59. The Labute approximate surface area is 79.8 Å². The third-order valence-electron chi connectivity index (χ3n) is 1.57. The summed E-state index contributed by atoms with van der Waals surface area (Å²) >= 11 is 3.35. The number of anilines is 1. The van der Waals surface area contributed by atoms with E-state index < -0.39 is 0 Å². The molecule has 0 unspecified atom stereocenters. The molecule has 0 aliphatic carbocycles. The van der Waals surface area contributed by atoms with E-state index in [1.165, 1.54) is 0 Å². The van der Waals surface area contributed by atoms with E-state index >= 15 is 0 Å². The molecule has 0 aliphatic rings. The fraction of sp³-hybridized carbons (Fsp3) is 0.250. The number of aliphatic imine (C=N–C) groups is 1. The summed E-state index contributed by atoms with van der Waals surface area (Å²) in [5.41, 5.74) is 8.18. The number of aromatic nitrogens is 1. The predicted octanol–water partition coefficient (Wildman–Crippen LogP) is 1.78. The average molecular weight is 228 g/mol. The first kappa shape index (κ1) is 9.19. The molecule has 0 fully saturated rings. The second kappa shape index (κ2) is 3.67. The van der Waals surface area contributed by atoms with E-state index in [-0.39, 0.29) is 0 Å². The van der Waals surface area contributed by atoms with Crippen LogP contribution in [0, 0.1) is 6.92 Å². The molecule has 64 valence electrons. The molecule has 0 aliphatic heterocycles. The molecule has 1 rings (SSSR count). The van der Waals surface area contributed by atoms with Gasteiger partial charge in [0.05, 0.1) is 11.4 Å². The van der Waals surface area contributed by atoms with E-state index in [1.807, 2.05) is 6.92 Å². The minimum absolute atomic E-state index is 0.676. The van der Waals surface area contributed by atoms with Gasteiger partial charge in [0.1, 0.15) is 0 Å². The summed E-state index contributed by atoms with van der Waals surface area (Å²) in [6.07, 6.45) is 3.44. The molecule has 12 heavy (non-hydrogen) atoms. The SMILES string of the molecule is CN=Cc1c(Br)cnc(C)c1N. The molecule has 1 aromatic rings. The van der Waals surface area contributed by atoms with Crippen LogP contribution in [0.4, 0.5) is 5.69 Å². The van der Waals surface area contributed by atoms with Crippen LogP contribution in [0.2, 0.25) is 0 Å². The van der Waals surface area contributed by atoms with Gasteiger partial charge in [0, 0.05) is 29.5 Å². The number of rotatable bonds is 1. The van der Waals surface area contributed by atoms with Crippen LogP contribution in [0.5, 0.6) is 0 Å². The van der Waals surface area contributed by atoms with Crippen LogP contribution in [0.25, 0.3) is 0 Å². The lowest BCUT2D eigenvalue weighted by molar-refractivity contribution is 1.19. The third kappa shape index (κ3) is 1.64. The van der Waals surface area contributed by atoms with Gasteiger partial charge in [-0.2, -0.15) is 0 Å². The smallest absolute Gasteiger partial charge is 0.0630 e. The van der Waals surface area contributed by atoms with E-state index in [9.17, 15) is 0 Å². The van der Waals surface area contributed by atoms with Crippen molar-refractivity contribution in [3.8, 4) is 0 Å². The van der Waals surface area contributed by atoms with Crippen molar-refractivity contribution >= 4 is 27.8 Å². The van der Waals surface area contributed by atoms with Gasteiger partial charge in [-0.1, -0.05) is 0 Å². The van der Waals surface area contributed by atoms with Crippen molar-refractivity contribution in [2.24, 2.45) is 4.99 Å². The zero-order chi connectivity index (χ0) is 9.14. The molecule has 0 radical (unpaired) electrons. The van der Waals surface area contributed by atoms with Crippen molar-refractivity contribution in [1.29, 1.82) is 0 Å². The van der Waals surface area contributed by atoms with Crippen molar-refractivity contribution in [1.82, 2.24) is 4.98 Å². The highest BCUT2D eigenvalue weighted by molar-refractivity contribution is 9.10. The first-order valence-electron chi connectivity index (χ1n) is 3.49. The van der Waals surface area contributed by atoms with Crippen LogP contribution >= 0.6 is 15.9 Å². The molecule has 3 nitrogen and oxygen atoms in total. The van der Waals surface area contributed by atoms with Crippen molar-refractivity contribution < 1.29 is 0 Å². The topological polar surface area (TPSA) is 51.3 Å². The van der Waals surface area contributed by atoms with Crippen LogP contribution in [0.15, 0.2) is 15.7 Å². The number of hydrogen-bond acceptors (Lipinski definition) is 3. The lowest BCUT2D eigenvalue weighted by Crippen LogP contribution is -1.99. The van der Waals surface area contributed by atoms with E-state index in [1.54, 1.807) is 19.5 Å². The van der Waals surface area contributed by atoms with Crippen molar-refractivity contribution in [2.45, 2.75) is 6.92 Å². The molecule has 0 spiro atoms. The van der Waals surface area contributed by atoms with Crippen LogP contribution in [0.3, 0.4) is 0 Å². The molecule has 0 amide bonds. The Kier molecular flexibility index (Phi) is 2.81. The average Bonchev–Trinajstić information content (AvgIpc) is 2.06. The number of nitrogen functional groups attached to an aromatic ring is 1. The largest absolute Gasteiger partial charge is 0.397 e. The van der Waals surface area contributed by atoms with Crippen LogP contribution in [-0.2, 0) is 0 Å². The van der Waals surface area contributed by atoms with Gasteiger partial charge in [0.25, 0.3) is 0 Å². The molecule has 0 bridgehead atoms. The van der Waals surface area contributed by atoms with Gasteiger partial charge < -0.3 is 5.73 Å². The summed E-state index contributed by atoms with van der Waals surface area (Å²) < 4.78 is 0.871. The quantitative estimate of drug-likeness (QED) is 0.745. The maximum atomic E-state index is 5.79. The summed E-state index contributed by atoms with van der Waals surface area (Å²) in [6, 6.07) is 0. The molecule has 0 atom stereocenters. The molecule has 1 heterocycles. The van der Waals surface area contributed by atoms with Crippen molar-refractivity contribution in [3.05, 3.63) is 21.9 Å². The highest BCUT2D eigenvalue weighted by Crippen LogP contribution is 2.21. The van der Waals surface area contributed by atoms with Gasteiger partial charge in [0.2, 0.25) is 0 Å². The second-order valence-corrected chi connectivity index (χ2v) is 3.26. The Hall–Kier alpha value is -0.900. The maximum Gasteiger partial charge on any atom is 0.0630 e. The second-order valence-electron chi connectivity index (χ2n) is 2.41. The first-order valence-corrected chi connectivity index (χ1v) is 4.29. The fourth-order valence-electron chi connectivity index (χ4n) is 0.876. The minimum Gasteiger partial charge on any atom is -0.397 e. The molecule has 1 aromatic heterocycles. The molecule has 0 aromatic carbocycles. The number of hydrogen-bond donors (Lipinski definition) is 1. The summed E-state index contributed by atoms with van der Waals surface area (Å²) in [6.45, 7) is 1.87. The van der Waals surface area contributed by atoms with Crippen LogP contribution < -0.4 is 5.73 Å². The zero-order valence-electron chi connectivity index (χ0n) is 7.00. The summed E-state index contributed by atoms with van der Waals surface area (Å²) in [5, 5.41) is 0. The van der Waals surface area contributed by atoms with Gasteiger partial charge >= 0.3 is 0 Å². The molecule has 0 saturated heterocycles. The minimum atomic E-state index is 0.676. The molecular weight excluding hydrogens is 218 g/mol. The van der Waals surface area contributed by atoms with Gasteiger partial charge in [-0.3, -0.25) is 9.98 Å². The monoisotopic (exact) mass is 227 g/mol. The normalized spacial score (nSPS) is 10.9. The molecule has 0 saturated carbocycles. The number of halogens is 1. The number of nitrogens with two attached hydrogens (primary N) is 1. The molecular formula is C8H10BrN3. The fourth-order valence-corrected chi connectivity index (χ4v) is 1.29. The maximum absolute atomic E-state index is 5.79. The lowest BCUT2D eigenvalue weighted by atomic mass is 10.2. The summed E-state index contributed by atoms with van der Waals surface area (Å²) in [5.74, 6) is 0. The van der Waals surface area contributed by atoms with Gasteiger partial charge in [-0.15, -0.1) is 0 Å². The van der Waals surface area contributed by atoms with E-state index in [2.05, 4.69) is 25.9 Å². The Bertz CT molecular complexity index is 320. The van der Waals surface area contributed by atoms with Gasteiger partial charge in [-0.25, -0.2) is 0 Å². The Morgan fingerprint density at radius 3 is 2.92 bits per heavy atom. The number of pyridine rings is 1. The van der Waals surface area contributed by atoms with E-state index in [0.717, 1.165) is 15.7 Å². The van der Waals surface area contributed by atoms with Crippen molar-refractivity contribution in [3.63, 3.8) is 0 Å².